The first-order valence-electron chi connectivity index (χ1n) is 9.67. The van der Waals surface area contributed by atoms with Gasteiger partial charge in [0.2, 0.25) is 0 Å². The molecule has 0 spiro atoms. The maximum absolute atomic E-state index is 12.0. The summed E-state index contributed by atoms with van der Waals surface area (Å²) in [4.78, 5) is 12.0. The number of ketones is 1. The molecule has 0 bridgehead atoms. The highest BCUT2D eigenvalue weighted by molar-refractivity contribution is 5.96. The molecule has 0 atom stereocenters. The molecule has 0 radical (unpaired) electrons. The molecular formula is C25H26O5. The zero-order valence-electron chi connectivity index (χ0n) is 17.7. The van der Waals surface area contributed by atoms with E-state index in [1.807, 2.05) is 55.5 Å². The number of methoxy groups -OCH3 is 2. The lowest BCUT2D eigenvalue weighted by atomic mass is 10.0. The number of hydrogen-bond donors (Lipinski definition) is 0. The fourth-order valence-electron chi connectivity index (χ4n) is 3.10. The molecule has 0 N–H and O–H groups in total. The molecule has 0 aliphatic rings. The van der Waals surface area contributed by atoms with Crippen LogP contribution in [0.4, 0.5) is 0 Å². The topological polar surface area (TPSA) is 54.0 Å². The summed E-state index contributed by atoms with van der Waals surface area (Å²) in [6.45, 7) is 4.15. The molecule has 0 aliphatic heterocycles. The van der Waals surface area contributed by atoms with Gasteiger partial charge in [-0.3, -0.25) is 4.79 Å². The monoisotopic (exact) mass is 406 g/mol. The first-order chi connectivity index (χ1) is 14.5. The molecule has 0 saturated heterocycles. The highest BCUT2D eigenvalue weighted by Gasteiger charge is 2.16. The van der Waals surface area contributed by atoms with Crippen LogP contribution in [-0.4, -0.2) is 20.0 Å². The van der Waals surface area contributed by atoms with E-state index in [0.717, 1.165) is 28.2 Å². The number of hydrogen-bond acceptors (Lipinski definition) is 5. The molecule has 0 amide bonds. The molecule has 0 fully saturated rings. The van der Waals surface area contributed by atoms with Crippen LogP contribution in [-0.2, 0) is 13.2 Å². The molecule has 3 aromatic rings. The van der Waals surface area contributed by atoms with E-state index in [4.69, 9.17) is 18.9 Å². The van der Waals surface area contributed by atoms with Crippen molar-refractivity contribution >= 4 is 5.78 Å². The van der Waals surface area contributed by atoms with Crippen molar-refractivity contribution in [2.45, 2.75) is 27.1 Å². The Hall–Kier alpha value is -3.47. The second-order valence-corrected chi connectivity index (χ2v) is 6.90. The fourth-order valence-corrected chi connectivity index (χ4v) is 3.10. The van der Waals surface area contributed by atoms with Crippen LogP contribution < -0.4 is 18.9 Å². The summed E-state index contributed by atoms with van der Waals surface area (Å²) >= 11 is 0. The average Bonchev–Trinajstić information content (AvgIpc) is 2.77. The SMILES string of the molecule is COc1ccc(COc2ccc(C(C)=O)c(C)c2OCc2ccc(OC)cc2)cc1. The van der Waals surface area contributed by atoms with Crippen LogP contribution in [0.15, 0.2) is 60.7 Å². The van der Waals surface area contributed by atoms with E-state index in [9.17, 15) is 4.79 Å². The Bertz CT molecular complexity index is 991. The Labute approximate surface area is 177 Å². The van der Waals surface area contributed by atoms with E-state index < -0.39 is 0 Å². The number of carbonyl (C=O) groups is 1. The summed E-state index contributed by atoms with van der Waals surface area (Å²) in [5.41, 5.74) is 3.38. The molecule has 0 aliphatic carbocycles. The quantitative estimate of drug-likeness (QED) is 0.447. The standard InChI is InChI=1S/C25H26O5/c1-17-23(18(2)26)13-14-24(29-15-19-5-9-21(27-3)10-6-19)25(17)30-16-20-7-11-22(28-4)12-8-20/h5-14H,15-16H2,1-4H3. The lowest BCUT2D eigenvalue weighted by molar-refractivity contribution is 0.101. The van der Waals surface area contributed by atoms with E-state index in [0.29, 0.717) is 30.3 Å². The van der Waals surface area contributed by atoms with Crippen LogP contribution >= 0.6 is 0 Å². The zero-order chi connectivity index (χ0) is 21.5. The van der Waals surface area contributed by atoms with E-state index in [1.54, 1.807) is 33.3 Å². The maximum Gasteiger partial charge on any atom is 0.165 e. The van der Waals surface area contributed by atoms with Crippen molar-refractivity contribution in [3.05, 3.63) is 82.9 Å². The van der Waals surface area contributed by atoms with Crippen molar-refractivity contribution in [1.29, 1.82) is 0 Å². The van der Waals surface area contributed by atoms with Crippen LogP contribution in [0.25, 0.3) is 0 Å². The minimum atomic E-state index is -0.0106. The predicted molar refractivity (Wildman–Crippen MR) is 116 cm³/mol. The third-order valence-electron chi connectivity index (χ3n) is 4.84. The van der Waals surface area contributed by atoms with E-state index in [2.05, 4.69) is 0 Å². The molecule has 5 nitrogen and oxygen atoms in total. The number of carbonyl (C=O) groups excluding carboxylic acids is 1. The molecule has 30 heavy (non-hydrogen) atoms. The molecule has 3 aromatic carbocycles. The first kappa shape index (κ1) is 21.2. The number of ether oxygens (including phenoxy) is 4. The van der Waals surface area contributed by atoms with E-state index in [1.165, 1.54) is 0 Å². The maximum atomic E-state index is 12.0. The molecule has 0 saturated carbocycles. The predicted octanol–water partition coefficient (Wildman–Crippen LogP) is 5.37. The van der Waals surface area contributed by atoms with Crippen LogP contribution in [0.2, 0.25) is 0 Å². The van der Waals surface area contributed by atoms with Crippen molar-refractivity contribution in [2.24, 2.45) is 0 Å². The summed E-state index contributed by atoms with van der Waals surface area (Å²) in [5.74, 6) is 2.75. The summed E-state index contributed by atoms with van der Waals surface area (Å²) in [6.07, 6.45) is 0. The van der Waals surface area contributed by atoms with Crippen molar-refractivity contribution in [3.8, 4) is 23.0 Å². The van der Waals surface area contributed by atoms with Gasteiger partial charge in [-0.1, -0.05) is 24.3 Å². The van der Waals surface area contributed by atoms with Gasteiger partial charge in [-0.25, -0.2) is 0 Å². The van der Waals surface area contributed by atoms with Gasteiger partial charge < -0.3 is 18.9 Å². The lowest BCUT2D eigenvalue weighted by Crippen LogP contribution is -2.05. The molecule has 5 heteroatoms. The molecule has 0 heterocycles. The van der Waals surface area contributed by atoms with Gasteiger partial charge in [-0.05, 0) is 61.4 Å². The minimum Gasteiger partial charge on any atom is -0.497 e. The number of benzene rings is 3. The minimum absolute atomic E-state index is 0.0106. The van der Waals surface area contributed by atoms with Crippen LogP contribution in [0.1, 0.15) is 34.0 Å². The summed E-state index contributed by atoms with van der Waals surface area (Å²) in [7, 11) is 3.27. The van der Waals surface area contributed by atoms with Crippen molar-refractivity contribution in [2.75, 3.05) is 14.2 Å². The second-order valence-electron chi connectivity index (χ2n) is 6.90. The third-order valence-corrected chi connectivity index (χ3v) is 4.84. The number of Topliss-reactive ketones (excluding diaryl/α,β-unsaturated/α-hetero) is 1. The van der Waals surface area contributed by atoms with Crippen molar-refractivity contribution in [1.82, 2.24) is 0 Å². The largest absolute Gasteiger partial charge is 0.497 e. The van der Waals surface area contributed by atoms with E-state index in [-0.39, 0.29) is 5.78 Å². The van der Waals surface area contributed by atoms with E-state index >= 15 is 0 Å². The van der Waals surface area contributed by atoms with Gasteiger partial charge in [0, 0.05) is 11.1 Å². The van der Waals surface area contributed by atoms with Crippen LogP contribution in [0.5, 0.6) is 23.0 Å². The third kappa shape index (κ3) is 5.11. The van der Waals surface area contributed by atoms with Gasteiger partial charge in [-0.15, -0.1) is 0 Å². The normalized spacial score (nSPS) is 10.4. The van der Waals surface area contributed by atoms with Gasteiger partial charge in [0.1, 0.15) is 24.7 Å². The summed E-state index contributed by atoms with van der Waals surface area (Å²) in [6, 6.07) is 18.9. The highest BCUT2D eigenvalue weighted by atomic mass is 16.5. The smallest absolute Gasteiger partial charge is 0.165 e. The van der Waals surface area contributed by atoms with Gasteiger partial charge in [0.05, 0.1) is 14.2 Å². The van der Waals surface area contributed by atoms with Gasteiger partial charge in [-0.2, -0.15) is 0 Å². The molecular weight excluding hydrogens is 380 g/mol. The Morgan fingerprint density at radius 1 is 0.733 bits per heavy atom. The second kappa shape index (κ2) is 9.83. The Balaban J connectivity index is 1.80. The number of rotatable bonds is 9. The molecule has 156 valence electrons. The summed E-state index contributed by atoms with van der Waals surface area (Å²) in [5, 5.41) is 0. The average molecular weight is 406 g/mol. The molecule has 0 unspecified atom stereocenters. The lowest BCUT2D eigenvalue weighted by Gasteiger charge is -2.17. The Kier molecular flexibility index (Phi) is 6.96. The first-order valence-corrected chi connectivity index (χ1v) is 9.67. The van der Waals surface area contributed by atoms with Crippen LogP contribution in [0.3, 0.4) is 0 Å². The molecule has 0 aromatic heterocycles. The van der Waals surface area contributed by atoms with Gasteiger partial charge in [0.25, 0.3) is 0 Å². The Morgan fingerprint density at radius 3 is 1.70 bits per heavy atom. The van der Waals surface area contributed by atoms with Crippen LogP contribution in [0, 0.1) is 6.92 Å². The highest BCUT2D eigenvalue weighted by Crippen LogP contribution is 2.35. The fraction of sp³-hybridized carbons (Fsp3) is 0.240. The zero-order valence-corrected chi connectivity index (χ0v) is 17.7. The summed E-state index contributed by atoms with van der Waals surface area (Å²) < 4.78 is 22.5. The Morgan fingerprint density at radius 2 is 1.23 bits per heavy atom. The van der Waals surface area contributed by atoms with Gasteiger partial charge >= 0.3 is 0 Å². The molecule has 3 rings (SSSR count). The van der Waals surface area contributed by atoms with Crippen molar-refractivity contribution < 1.29 is 23.7 Å². The van der Waals surface area contributed by atoms with Gasteiger partial charge in [0.15, 0.2) is 17.3 Å². The van der Waals surface area contributed by atoms with Crippen molar-refractivity contribution in [3.63, 3.8) is 0 Å².